The van der Waals surface area contributed by atoms with Gasteiger partial charge in [0.2, 0.25) is 0 Å². The molecule has 0 aliphatic heterocycles. The van der Waals surface area contributed by atoms with Crippen molar-refractivity contribution in [3.05, 3.63) is 59.0 Å². The van der Waals surface area contributed by atoms with Crippen LogP contribution >= 0.6 is 23.1 Å². The first-order chi connectivity index (χ1) is 16.0. The zero-order chi connectivity index (χ0) is 26.6. The molecule has 0 N–H and O–H groups in total. The minimum Gasteiger partial charge on any atom is -0.276 e. The Labute approximate surface area is 220 Å². The number of para-hydroxylation sites is 1. The molecule has 0 bridgehead atoms. The van der Waals surface area contributed by atoms with Crippen molar-refractivity contribution in [3.8, 4) is 0 Å². The number of nitrogens with zero attached hydrogens (tertiary/aromatic N) is 5. The van der Waals surface area contributed by atoms with Crippen LogP contribution in [-0.4, -0.2) is 30.8 Å². The van der Waals surface area contributed by atoms with Crippen molar-refractivity contribution in [1.29, 1.82) is 0 Å². The van der Waals surface area contributed by atoms with Crippen molar-refractivity contribution in [2.24, 2.45) is 14.1 Å². The highest BCUT2D eigenvalue weighted by Crippen LogP contribution is 2.30. The fourth-order valence-corrected chi connectivity index (χ4v) is 4.57. The van der Waals surface area contributed by atoms with Gasteiger partial charge in [-0.05, 0) is 30.5 Å². The van der Waals surface area contributed by atoms with Crippen LogP contribution in [0.3, 0.4) is 0 Å². The van der Waals surface area contributed by atoms with Gasteiger partial charge in [-0.15, -0.1) is 23.1 Å². The molecule has 5 nitrogen and oxygen atoms in total. The SMILES string of the molecule is CC(C)(C)c1nc2ccccc2s1.CSc1cc(C(C)(C)C)nn1C.Cn1ccc(C(C)(C)C)n1. The van der Waals surface area contributed by atoms with Crippen LogP contribution in [0.25, 0.3) is 10.2 Å². The third-order valence-electron chi connectivity index (χ3n) is 5.23. The van der Waals surface area contributed by atoms with Crippen molar-refractivity contribution < 1.29 is 0 Å². The number of aryl methyl sites for hydroxylation is 2. The third kappa shape index (κ3) is 8.50. The normalized spacial score (nSPS) is 12.1. The van der Waals surface area contributed by atoms with Gasteiger partial charge in [-0.3, -0.25) is 9.36 Å². The average molecular weight is 514 g/mol. The molecule has 0 aliphatic carbocycles. The van der Waals surface area contributed by atoms with Crippen LogP contribution in [0.4, 0.5) is 0 Å². The highest BCUT2D eigenvalue weighted by molar-refractivity contribution is 7.98. The highest BCUT2D eigenvalue weighted by Gasteiger charge is 2.19. The van der Waals surface area contributed by atoms with E-state index in [9.17, 15) is 0 Å². The zero-order valence-corrected chi connectivity index (χ0v) is 25.2. The Kier molecular flexibility index (Phi) is 9.39. The molecule has 0 amide bonds. The Morgan fingerprint density at radius 2 is 1.37 bits per heavy atom. The van der Waals surface area contributed by atoms with E-state index >= 15 is 0 Å². The summed E-state index contributed by atoms with van der Waals surface area (Å²) in [5.74, 6) is 0. The van der Waals surface area contributed by atoms with Gasteiger partial charge in [-0.2, -0.15) is 10.2 Å². The lowest BCUT2D eigenvalue weighted by atomic mass is 9.93. The molecule has 7 heteroatoms. The minimum absolute atomic E-state index is 0.158. The van der Waals surface area contributed by atoms with Crippen molar-refractivity contribution in [1.82, 2.24) is 24.5 Å². The van der Waals surface area contributed by atoms with E-state index in [1.165, 1.54) is 14.7 Å². The van der Waals surface area contributed by atoms with Crippen LogP contribution in [0.5, 0.6) is 0 Å². The molecule has 1 aromatic carbocycles. The molecule has 0 unspecified atom stereocenters. The second-order valence-electron chi connectivity index (χ2n) is 11.8. The summed E-state index contributed by atoms with van der Waals surface area (Å²) in [5.41, 5.74) is 3.94. The van der Waals surface area contributed by atoms with E-state index in [0.717, 1.165) is 16.9 Å². The number of benzene rings is 1. The molecule has 0 saturated carbocycles. The molecule has 35 heavy (non-hydrogen) atoms. The molecule has 0 fully saturated rings. The predicted molar refractivity (Wildman–Crippen MR) is 154 cm³/mol. The van der Waals surface area contributed by atoms with Crippen LogP contribution in [0, 0.1) is 0 Å². The molecular formula is C28H43N5S2. The second kappa shape index (κ2) is 11.3. The summed E-state index contributed by atoms with van der Waals surface area (Å²) in [6.07, 6.45) is 4.05. The molecule has 0 spiro atoms. The van der Waals surface area contributed by atoms with E-state index in [4.69, 9.17) is 0 Å². The maximum Gasteiger partial charge on any atom is 0.0992 e. The molecule has 4 rings (SSSR count). The first-order valence-corrected chi connectivity index (χ1v) is 14.0. The van der Waals surface area contributed by atoms with Crippen LogP contribution in [0.2, 0.25) is 0 Å². The minimum atomic E-state index is 0.158. The van der Waals surface area contributed by atoms with E-state index in [1.807, 2.05) is 35.7 Å². The quantitative estimate of drug-likeness (QED) is 0.244. The number of hydrogen-bond acceptors (Lipinski definition) is 5. The van der Waals surface area contributed by atoms with E-state index in [1.54, 1.807) is 23.1 Å². The molecular weight excluding hydrogens is 470 g/mol. The number of thioether (sulfide) groups is 1. The van der Waals surface area contributed by atoms with Gasteiger partial charge in [0, 0.05) is 36.5 Å². The lowest BCUT2D eigenvalue weighted by molar-refractivity contribution is 0.550. The molecule has 0 radical (unpaired) electrons. The zero-order valence-electron chi connectivity index (χ0n) is 23.6. The Morgan fingerprint density at radius 3 is 1.74 bits per heavy atom. The fraction of sp³-hybridized carbons (Fsp3) is 0.536. The van der Waals surface area contributed by atoms with E-state index in [2.05, 4.69) is 114 Å². The summed E-state index contributed by atoms with van der Waals surface area (Å²) in [7, 11) is 3.93. The number of thiazole rings is 1. The van der Waals surface area contributed by atoms with Crippen LogP contribution in [0.1, 0.15) is 78.7 Å². The number of fused-ring (bicyclic) bond motifs is 1. The van der Waals surface area contributed by atoms with Crippen LogP contribution in [-0.2, 0) is 30.3 Å². The molecule has 3 aromatic heterocycles. The Balaban J connectivity index is 0.000000187. The lowest BCUT2D eigenvalue weighted by Gasteiger charge is -2.13. The number of rotatable bonds is 1. The van der Waals surface area contributed by atoms with Crippen molar-refractivity contribution in [2.75, 3.05) is 6.26 Å². The van der Waals surface area contributed by atoms with Gasteiger partial charge >= 0.3 is 0 Å². The topological polar surface area (TPSA) is 48.5 Å². The Bertz CT molecular complexity index is 1180. The molecule has 0 aliphatic rings. The van der Waals surface area contributed by atoms with Crippen LogP contribution in [0.15, 0.2) is 47.6 Å². The summed E-state index contributed by atoms with van der Waals surface area (Å²) in [4.78, 5) is 4.60. The third-order valence-corrected chi connectivity index (χ3v) is 7.49. The van der Waals surface area contributed by atoms with Gasteiger partial charge in [-0.25, -0.2) is 4.98 Å². The predicted octanol–water partition coefficient (Wildman–Crippen LogP) is 7.75. The molecule has 192 valence electrons. The summed E-state index contributed by atoms with van der Waals surface area (Å²) >= 11 is 3.53. The molecule has 4 aromatic rings. The largest absolute Gasteiger partial charge is 0.276 e. The van der Waals surface area contributed by atoms with Crippen molar-refractivity contribution in [3.63, 3.8) is 0 Å². The molecule has 0 atom stereocenters. The maximum atomic E-state index is 4.60. The number of hydrogen-bond donors (Lipinski definition) is 0. The summed E-state index contributed by atoms with van der Waals surface area (Å²) in [6, 6.07) is 12.5. The summed E-state index contributed by atoms with van der Waals surface area (Å²) < 4.78 is 5.05. The van der Waals surface area contributed by atoms with Gasteiger partial charge in [-0.1, -0.05) is 74.4 Å². The van der Waals surface area contributed by atoms with Gasteiger partial charge in [0.15, 0.2) is 0 Å². The summed E-state index contributed by atoms with van der Waals surface area (Å²) in [5, 5.41) is 11.2. The standard InChI is InChI=1S/C11H13NS.C9H16N2S.C8H14N2/c1-11(2,3)10-12-8-6-4-5-7-9(8)13-10;1-9(2,3)7-6-8(12-5)11(4)10-7;1-8(2,3)7-5-6-10(4)9-7/h4-7H,1-3H3;6H,1-5H3;5-6H,1-4H3. The first-order valence-electron chi connectivity index (χ1n) is 12.0. The van der Waals surface area contributed by atoms with Gasteiger partial charge in [0.1, 0.15) is 0 Å². The van der Waals surface area contributed by atoms with Gasteiger partial charge < -0.3 is 0 Å². The maximum absolute atomic E-state index is 4.60. The monoisotopic (exact) mass is 513 g/mol. The van der Waals surface area contributed by atoms with Gasteiger partial charge in [0.05, 0.1) is 31.6 Å². The molecule has 0 saturated heterocycles. The van der Waals surface area contributed by atoms with E-state index in [-0.39, 0.29) is 16.2 Å². The van der Waals surface area contributed by atoms with Crippen molar-refractivity contribution >= 4 is 33.3 Å². The Morgan fingerprint density at radius 1 is 0.771 bits per heavy atom. The van der Waals surface area contributed by atoms with E-state index in [0.29, 0.717) is 0 Å². The lowest BCUT2D eigenvalue weighted by Crippen LogP contribution is -2.12. The van der Waals surface area contributed by atoms with Crippen molar-refractivity contribution in [2.45, 2.75) is 83.6 Å². The Hall–Kier alpha value is -2.12. The number of aromatic nitrogens is 5. The fourth-order valence-electron chi connectivity index (χ4n) is 3.02. The smallest absolute Gasteiger partial charge is 0.0992 e. The van der Waals surface area contributed by atoms with E-state index < -0.39 is 0 Å². The average Bonchev–Trinajstić information content (AvgIpc) is 3.45. The first kappa shape index (κ1) is 29.1. The second-order valence-corrected chi connectivity index (χ2v) is 13.7. The highest BCUT2D eigenvalue weighted by atomic mass is 32.2. The van der Waals surface area contributed by atoms with Gasteiger partial charge in [0.25, 0.3) is 0 Å². The molecule has 3 heterocycles. The summed E-state index contributed by atoms with van der Waals surface area (Å²) in [6.45, 7) is 19.6. The van der Waals surface area contributed by atoms with Crippen LogP contribution < -0.4 is 0 Å².